The zero-order chi connectivity index (χ0) is 17.0. The van der Waals surface area contributed by atoms with Crippen molar-refractivity contribution in [1.29, 1.82) is 0 Å². The van der Waals surface area contributed by atoms with Gasteiger partial charge in [-0.15, -0.1) is 0 Å². The summed E-state index contributed by atoms with van der Waals surface area (Å²) in [7, 11) is 0. The van der Waals surface area contributed by atoms with Gasteiger partial charge in [-0.2, -0.15) is 0 Å². The molecule has 2 fully saturated rings. The minimum Gasteiger partial charge on any atom is -0.481 e. The fourth-order valence-corrected chi connectivity index (χ4v) is 3.03. The van der Waals surface area contributed by atoms with E-state index in [1.165, 1.54) is 0 Å². The SMILES string of the molecule is CC1(C)O[C@@H]2[C@@H](N=[N+]=[N-])CN(C(=O)CCCCC(=O)O)C[C@@H]2O1. The first-order valence-electron chi connectivity index (χ1n) is 7.72. The summed E-state index contributed by atoms with van der Waals surface area (Å²) in [5.74, 6) is -1.71. The van der Waals surface area contributed by atoms with E-state index in [0.717, 1.165) is 0 Å². The quantitative estimate of drug-likeness (QED) is 0.344. The minimum atomic E-state index is -0.861. The van der Waals surface area contributed by atoms with Gasteiger partial charge in [0.1, 0.15) is 6.10 Å². The Labute approximate surface area is 134 Å². The van der Waals surface area contributed by atoms with Gasteiger partial charge in [0.25, 0.3) is 0 Å². The summed E-state index contributed by atoms with van der Waals surface area (Å²) in [5, 5.41) is 12.3. The number of rotatable bonds is 6. The van der Waals surface area contributed by atoms with Crippen molar-refractivity contribution < 1.29 is 24.2 Å². The molecular weight excluding hydrogens is 304 g/mol. The van der Waals surface area contributed by atoms with Crippen molar-refractivity contribution in [3.63, 3.8) is 0 Å². The number of hydrogen-bond acceptors (Lipinski definition) is 5. The lowest BCUT2D eigenvalue weighted by molar-refractivity contribution is -0.147. The van der Waals surface area contributed by atoms with Crippen LogP contribution in [-0.4, -0.2) is 59.0 Å². The molecule has 3 atom stereocenters. The van der Waals surface area contributed by atoms with E-state index < -0.39 is 17.8 Å². The molecule has 128 valence electrons. The fraction of sp³-hybridized carbons (Fsp3) is 0.857. The van der Waals surface area contributed by atoms with Gasteiger partial charge < -0.3 is 19.5 Å². The maximum absolute atomic E-state index is 12.3. The van der Waals surface area contributed by atoms with E-state index in [0.29, 0.717) is 25.9 Å². The molecule has 0 aromatic carbocycles. The molecule has 1 amide bonds. The number of fused-ring (bicyclic) bond motifs is 1. The van der Waals surface area contributed by atoms with Crippen LogP contribution in [0, 0.1) is 0 Å². The molecule has 0 spiro atoms. The lowest BCUT2D eigenvalue weighted by Gasteiger charge is -2.36. The largest absolute Gasteiger partial charge is 0.481 e. The zero-order valence-corrected chi connectivity index (χ0v) is 13.3. The summed E-state index contributed by atoms with van der Waals surface area (Å²) in [6, 6.07) is -0.483. The van der Waals surface area contributed by atoms with Gasteiger partial charge in [0.05, 0.1) is 12.1 Å². The molecular formula is C14H22N4O5. The summed E-state index contributed by atoms with van der Waals surface area (Å²) >= 11 is 0. The number of carboxylic acid groups (broad SMARTS) is 1. The molecule has 2 saturated heterocycles. The van der Waals surface area contributed by atoms with E-state index in [1.807, 2.05) is 0 Å². The Morgan fingerprint density at radius 2 is 2.00 bits per heavy atom. The lowest BCUT2D eigenvalue weighted by atomic mass is 9.99. The average Bonchev–Trinajstić information content (AvgIpc) is 2.77. The van der Waals surface area contributed by atoms with Gasteiger partial charge in [-0.25, -0.2) is 0 Å². The summed E-state index contributed by atoms with van der Waals surface area (Å²) in [6.07, 6.45) is 0.648. The normalized spacial score (nSPS) is 28.8. The monoisotopic (exact) mass is 326 g/mol. The number of piperidine rings is 1. The maximum atomic E-state index is 12.3. The van der Waals surface area contributed by atoms with Crippen LogP contribution < -0.4 is 0 Å². The zero-order valence-electron chi connectivity index (χ0n) is 13.3. The van der Waals surface area contributed by atoms with Crippen molar-refractivity contribution in [2.24, 2.45) is 5.11 Å². The number of ether oxygens (including phenoxy) is 2. The van der Waals surface area contributed by atoms with E-state index in [-0.39, 0.29) is 31.0 Å². The number of carbonyl (C=O) groups is 2. The molecule has 2 aliphatic heterocycles. The van der Waals surface area contributed by atoms with Crippen LogP contribution in [0.3, 0.4) is 0 Å². The maximum Gasteiger partial charge on any atom is 0.303 e. The van der Waals surface area contributed by atoms with E-state index in [9.17, 15) is 9.59 Å². The van der Waals surface area contributed by atoms with Crippen molar-refractivity contribution in [2.45, 2.75) is 63.6 Å². The van der Waals surface area contributed by atoms with Crippen LogP contribution in [0.25, 0.3) is 10.4 Å². The van der Waals surface area contributed by atoms with Gasteiger partial charge in [0.15, 0.2) is 5.79 Å². The van der Waals surface area contributed by atoms with E-state index in [4.69, 9.17) is 20.1 Å². The fourth-order valence-electron chi connectivity index (χ4n) is 3.03. The number of azide groups is 1. The van der Waals surface area contributed by atoms with Crippen molar-refractivity contribution in [2.75, 3.05) is 13.1 Å². The number of likely N-dealkylation sites (tertiary alicyclic amines) is 1. The van der Waals surface area contributed by atoms with Gasteiger partial charge in [-0.1, -0.05) is 5.11 Å². The molecule has 2 aliphatic rings. The Hall–Kier alpha value is -1.83. The van der Waals surface area contributed by atoms with Crippen LogP contribution in [0.15, 0.2) is 5.11 Å². The highest BCUT2D eigenvalue weighted by molar-refractivity contribution is 5.76. The van der Waals surface area contributed by atoms with Gasteiger partial charge in [0.2, 0.25) is 5.91 Å². The number of hydrogen-bond donors (Lipinski definition) is 1. The molecule has 0 aliphatic carbocycles. The van der Waals surface area contributed by atoms with Gasteiger partial charge in [-0.05, 0) is 32.2 Å². The van der Waals surface area contributed by atoms with Crippen molar-refractivity contribution in [3.8, 4) is 0 Å². The molecule has 2 heterocycles. The smallest absolute Gasteiger partial charge is 0.303 e. The number of nitrogens with zero attached hydrogens (tertiary/aromatic N) is 4. The topological polar surface area (TPSA) is 125 Å². The van der Waals surface area contributed by atoms with E-state index in [2.05, 4.69) is 10.0 Å². The Morgan fingerprint density at radius 3 is 2.65 bits per heavy atom. The Morgan fingerprint density at radius 1 is 1.30 bits per heavy atom. The first-order chi connectivity index (χ1) is 10.8. The Kier molecular flexibility index (Phi) is 5.46. The molecule has 0 aromatic rings. The Balaban J connectivity index is 1.94. The van der Waals surface area contributed by atoms with Gasteiger partial charge >= 0.3 is 5.97 Å². The summed E-state index contributed by atoms with van der Waals surface area (Å²) in [6.45, 7) is 4.26. The number of aliphatic carboxylic acids is 1. The van der Waals surface area contributed by atoms with Gasteiger partial charge in [-0.3, -0.25) is 9.59 Å². The highest BCUT2D eigenvalue weighted by atomic mass is 16.8. The van der Waals surface area contributed by atoms with Crippen LogP contribution >= 0.6 is 0 Å². The van der Waals surface area contributed by atoms with Crippen LogP contribution in [0.1, 0.15) is 39.5 Å². The summed E-state index contributed by atoms with van der Waals surface area (Å²) in [5.41, 5.74) is 8.72. The first-order valence-corrected chi connectivity index (χ1v) is 7.72. The highest BCUT2D eigenvalue weighted by Gasteiger charge is 2.49. The molecule has 1 N–H and O–H groups in total. The predicted molar refractivity (Wildman–Crippen MR) is 79.4 cm³/mol. The van der Waals surface area contributed by atoms with Crippen LogP contribution in [-0.2, 0) is 19.1 Å². The standard InChI is InChI=1S/C14H22N4O5/c1-14(2)22-10-8-18(7-9(16-17-15)13(10)23-14)11(19)5-3-4-6-12(20)21/h9-10,13H,3-8H2,1-2H3,(H,20,21)/t9-,10-,13+/m0/s1. The van der Waals surface area contributed by atoms with E-state index in [1.54, 1.807) is 18.7 Å². The van der Waals surface area contributed by atoms with Crippen LogP contribution in [0.4, 0.5) is 0 Å². The Bertz CT molecular complexity index is 517. The number of carboxylic acids is 1. The van der Waals surface area contributed by atoms with Crippen molar-refractivity contribution >= 4 is 11.9 Å². The molecule has 0 radical (unpaired) electrons. The van der Waals surface area contributed by atoms with Crippen LogP contribution in [0.5, 0.6) is 0 Å². The molecule has 2 rings (SSSR count). The number of carbonyl (C=O) groups excluding carboxylic acids is 1. The van der Waals surface area contributed by atoms with Crippen molar-refractivity contribution in [1.82, 2.24) is 4.90 Å². The lowest BCUT2D eigenvalue weighted by Crippen LogP contribution is -2.54. The predicted octanol–water partition coefficient (Wildman–Crippen LogP) is 1.67. The molecule has 0 saturated carbocycles. The molecule has 0 unspecified atom stereocenters. The summed E-state index contributed by atoms with van der Waals surface area (Å²) < 4.78 is 11.6. The average molecular weight is 326 g/mol. The third-order valence-electron chi connectivity index (χ3n) is 3.99. The van der Waals surface area contributed by atoms with Gasteiger partial charge in [0, 0.05) is 30.8 Å². The first kappa shape index (κ1) is 17.5. The molecule has 0 bridgehead atoms. The third kappa shape index (κ3) is 4.57. The number of unbranched alkanes of at least 4 members (excludes halogenated alkanes) is 1. The number of amides is 1. The molecule has 23 heavy (non-hydrogen) atoms. The van der Waals surface area contributed by atoms with Crippen molar-refractivity contribution in [3.05, 3.63) is 10.4 Å². The van der Waals surface area contributed by atoms with Crippen LogP contribution in [0.2, 0.25) is 0 Å². The molecule has 0 aromatic heterocycles. The highest BCUT2D eigenvalue weighted by Crippen LogP contribution is 2.34. The second-order valence-electron chi connectivity index (χ2n) is 6.31. The second-order valence-corrected chi connectivity index (χ2v) is 6.31. The minimum absolute atomic E-state index is 0.0600. The molecule has 9 heteroatoms. The van der Waals surface area contributed by atoms with E-state index >= 15 is 0 Å². The summed E-state index contributed by atoms with van der Waals surface area (Å²) in [4.78, 5) is 27.2. The third-order valence-corrected chi connectivity index (χ3v) is 3.99. The second kappa shape index (κ2) is 7.16. The molecule has 9 nitrogen and oxygen atoms in total.